The SMILES string of the molecule is CN(C(=O)OC(C)(C)C)c1cc(Cl)c(F)cc1N. The fourth-order valence-electron chi connectivity index (χ4n) is 1.27. The summed E-state index contributed by atoms with van der Waals surface area (Å²) < 4.78 is 18.3. The molecule has 0 aliphatic rings. The number of hydrogen-bond acceptors (Lipinski definition) is 3. The number of anilines is 2. The molecular weight excluding hydrogens is 259 g/mol. The third kappa shape index (κ3) is 3.50. The minimum atomic E-state index is -0.629. The van der Waals surface area contributed by atoms with Crippen molar-refractivity contribution < 1.29 is 13.9 Å². The summed E-state index contributed by atoms with van der Waals surface area (Å²) in [7, 11) is 1.48. The summed E-state index contributed by atoms with van der Waals surface area (Å²) >= 11 is 5.66. The molecule has 1 rings (SSSR count). The second-order valence-electron chi connectivity index (χ2n) is 4.86. The number of amides is 1. The lowest BCUT2D eigenvalue weighted by molar-refractivity contribution is 0.0589. The van der Waals surface area contributed by atoms with Gasteiger partial charge in [0, 0.05) is 13.1 Å². The molecule has 100 valence electrons. The molecule has 0 bridgehead atoms. The van der Waals surface area contributed by atoms with Crippen molar-refractivity contribution in [1.29, 1.82) is 0 Å². The fourth-order valence-corrected chi connectivity index (χ4v) is 1.43. The van der Waals surface area contributed by atoms with E-state index in [1.54, 1.807) is 20.8 Å². The Balaban J connectivity index is 3.01. The van der Waals surface area contributed by atoms with Crippen LogP contribution >= 0.6 is 11.6 Å². The number of nitrogens with two attached hydrogens (primary N) is 1. The van der Waals surface area contributed by atoms with Crippen molar-refractivity contribution in [1.82, 2.24) is 0 Å². The zero-order valence-electron chi connectivity index (χ0n) is 10.8. The Bertz CT molecular complexity index is 472. The quantitative estimate of drug-likeness (QED) is 0.798. The number of carbonyl (C=O) groups excluding carboxylic acids is 1. The molecule has 0 saturated carbocycles. The normalized spacial score (nSPS) is 11.2. The van der Waals surface area contributed by atoms with Crippen LogP contribution in [0.25, 0.3) is 0 Å². The van der Waals surface area contributed by atoms with Gasteiger partial charge in [-0.1, -0.05) is 11.6 Å². The average Bonchev–Trinajstić information content (AvgIpc) is 2.20. The molecule has 0 atom stereocenters. The molecule has 0 saturated heterocycles. The summed E-state index contributed by atoms with van der Waals surface area (Å²) in [5, 5.41) is -0.102. The molecule has 0 unspecified atom stereocenters. The third-order valence-electron chi connectivity index (χ3n) is 2.10. The average molecular weight is 275 g/mol. The highest BCUT2D eigenvalue weighted by Crippen LogP contribution is 2.29. The number of nitrogens with zero attached hydrogens (tertiary/aromatic N) is 1. The van der Waals surface area contributed by atoms with Crippen LogP contribution in [0, 0.1) is 5.82 Å². The summed E-state index contributed by atoms with van der Waals surface area (Å²) in [6, 6.07) is 2.36. The predicted octanol–water partition coefficient (Wildman–Crippen LogP) is 3.43. The lowest BCUT2D eigenvalue weighted by Gasteiger charge is -2.25. The molecule has 0 fully saturated rings. The van der Waals surface area contributed by atoms with Gasteiger partial charge in [-0.2, -0.15) is 0 Å². The van der Waals surface area contributed by atoms with Gasteiger partial charge in [-0.05, 0) is 26.8 Å². The number of ether oxygens (including phenoxy) is 1. The van der Waals surface area contributed by atoms with Crippen LogP contribution in [0.3, 0.4) is 0 Å². The van der Waals surface area contributed by atoms with Crippen LogP contribution in [-0.4, -0.2) is 18.7 Å². The topological polar surface area (TPSA) is 55.6 Å². The van der Waals surface area contributed by atoms with Crippen LogP contribution in [0.15, 0.2) is 12.1 Å². The van der Waals surface area contributed by atoms with Gasteiger partial charge in [0.05, 0.1) is 16.4 Å². The van der Waals surface area contributed by atoms with Crippen molar-refractivity contribution in [3.8, 4) is 0 Å². The van der Waals surface area contributed by atoms with E-state index < -0.39 is 17.5 Å². The first-order valence-corrected chi connectivity index (χ1v) is 5.71. The Morgan fingerprint density at radius 3 is 2.50 bits per heavy atom. The summed E-state index contributed by atoms with van der Waals surface area (Å²) in [5.74, 6) is -0.629. The third-order valence-corrected chi connectivity index (χ3v) is 2.39. The number of nitrogen functional groups attached to an aromatic ring is 1. The predicted molar refractivity (Wildman–Crippen MR) is 70.5 cm³/mol. The smallest absolute Gasteiger partial charge is 0.414 e. The van der Waals surface area contributed by atoms with Crippen LogP contribution < -0.4 is 10.6 Å². The van der Waals surface area contributed by atoms with Gasteiger partial charge in [0.1, 0.15) is 11.4 Å². The van der Waals surface area contributed by atoms with Gasteiger partial charge in [-0.3, -0.25) is 4.90 Å². The van der Waals surface area contributed by atoms with Crippen LogP contribution in [-0.2, 0) is 4.74 Å². The van der Waals surface area contributed by atoms with Gasteiger partial charge in [0.15, 0.2) is 0 Å². The van der Waals surface area contributed by atoms with Crippen molar-refractivity contribution in [3.63, 3.8) is 0 Å². The Labute approximate surface area is 110 Å². The van der Waals surface area contributed by atoms with Crippen molar-refractivity contribution in [2.24, 2.45) is 0 Å². The van der Waals surface area contributed by atoms with Crippen molar-refractivity contribution in [2.45, 2.75) is 26.4 Å². The Kier molecular flexibility index (Phi) is 4.06. The highest BCUT2D eigenvalue weighted by atomic mass is 35.5. The molecule has 4 nitrogen and oxygen atoms in total. The Hall–Kier alpha value is -1.49. The molecule has 0 spiro atoms. The molecule has 0 radical (unpaired) electrons. The minimum Gasteiger partial charge on any atom is -0.443 e. The summed E-state index contributed by atoms with van der Waals surface area (Å²) in [6.45, 7) is 5.25. The fraction of sp³-hybridized carbons (Fsp3) is 0.417. The molecule has 1 aromatic carbocycles. The first kappa shape index (κ1) is 14.6. The molecule has 0 heterocycles. The standard InChI is InChI=1S/C12H16ClFN2O2/c1-12(2,3)18-11(17)16(4)10-5-7(13)8(14)6-9(10)15/h5-6H,15H2,1-4H3. The van der Waals surface area contributed by atoms with Gasteiger partial charge in [-0.15, -0.1) is 0 Å². The van der Waals surface area contributed by atoms with Gasteiger partial charge in [0.25, 0.3) is 0 Å². The van der Waals surface area contributed by atoms with E-state index in [2.05, 4.69) is 0 Å². The first-order valence-electron chi connectivity index (χ1n) is 5.33. The summed E-state index contributed by atoms with van der Waals surface area (Å²) in [4.78, 5) is 13.0. The molecule has 1 amide bonds. The molecular formula is C12H16ClFN2O2. The van der Waals surface area contributed by atoms with Gasteiger partial charge < -0.3 is 10.5 Å². The van der Waals surface area contributed by atoms with E-state index in [1.165, 1.54) is 18.0 Å². The summed E-state index contributed by atoms with van der Waals surface area (Å²) in [6.07, 6.45) is -0.586. The van der Waals surface area contributed by atoms with E-state index in [1.807, 2.05) is 0 Å². The maximum absolute atomic E-state index is 13.1. The number of hydrogen-bond donors (Lipinski definition) is 1. The Morgan fingerprint density at radius 2 is 2.00 bits per heavy atom. The van der Waals surface area contributed by atoms with E-state index >= 15 is 0 Å². The van der Waals surface area contributed by atoms with Crippen molar-refractivity contribution in [3.05, 3.63) is 23.0 Å². The van der Waals surface area contributed by atoms with Crippen LogP contribution in [0.5, 0.6) is 0 Å². The van der Waals surface area contributed by atoms with Crippen LogP contribution in [0.1, 0.15) is 20.8 Å². The van der Waals surface area contributed by atoms with Gasteiger partial charge >= 0.3 is 6.09 Å². The Morgan fingerprint density at radius 1 is 1.44 bits per heavy atom. The molecule has 6 heteroatoms. The van der Waals surface area contributed by atoms with E-state index in [9.17, 15) is 9.18 Å². The molecule has 0 aromatic heterocycles. The van der Waals surface area contributed by atoms with Gasteiger partial charge in [-0.25, -0.2) is 9.18 Å². The van der Waals surface area contributed by atoms with Crippen LogP contribution in [0.2, 0.25) is 5.02 Å². The maximum atomic E-state index is 13.1. The largest absolute Gasteiger partial charge is 0.443 e. The minimum absolute atomic E-state index is 0.102. The molecule has 0 aliphatic carbocycles. The lowest BCUT2D eigenvalue weighted by atomic mass is 10.2. The van der Waals surface area contributed by atoms with Gasteiger partial charge in [0.2, 0.25) is 0 Å². The first-order chi connectivity index (χ1) is 8.11. The second-order valence-corrected chi connectivity index (χ2v) is 5.27. The molecule has 2 N–H and O–H groups in total. The second kappa shape index (κ2) is 5.02. The number of rotatable bonds is 1. The number of carbonyl (C=O) groups is 1. The zero-order valence-corrected chi connectivity index (χ0v) is 11.5. The highest BCUT2D eigenvalue weighted by Gasteiger charge is 2.22. The number of halogens is 2. The lowest BCUT2D eigenvalue weighted by Crippen LogP contribution is -2.34. The summed E-state index contributed by atoms with van der Waals surface area (Å²) in [5.41, 5.74) is 5.44. The molecule has 1 aromatic rings. The van der Waals surface area contributed by atoms with Crippen LogP contribution in [0.4, 0.5) is 20.6 Å². The van der Waals surface area contributed by atoms with E-state index in [-0.39, 0.29) is 10.7 Å². The molecule has 18 heavy (non-hydrogen) atoms. The van der Waals surface area contributed by atoms with Crippen molar-refractivity contribution in [2.75, 3.05) is 17.7 Å². The maximum Gasteiger partial charge on any atom is 0.414 e. The van der Waals surface area contributed by atoms with E-state index in [0.717, 1.165) is 6.07 Å². The molecule has 0 aliphatic heterocycles. The highest BCUT2D eigenvalue weighted by molar-refractivity contribution is 6.31. The number of benzene rings is 1. The zero-order chi connectivity index (χ0) is 14.1. The van der Waals surface area contributed by atoms with E-state index in [4.69, 9.17) is 22.1 Å². The monoisotopic (exact) mass is 274 g/mol. The van der Waals surface area contributed by atoms with E-state index in [0.29, 0.717) is 5.69 Å². The van der Waals surface area contributed by atoms with Crippen molar-refractivity contribution >= 4 is 29.1 Å².